The number of rotatable bonds is 6. The van der Waals surface area contributed by atoms with E-state index in [0.717, 1.165) is 25.5 Å². The lowest BCUT2D eigenvalue weighted by Crippen LogP contribution is -2.36. The molecule has 1 aliphatic rings. The van der Waals surface area contributed by atoms with Gasteiger partial charge in [-0.3, -0.25) is 9.36 Å². The van der Waals surface area contributed by atoms with E-state index < -0.39 is 5.97 Å². The SMILES string of the molecule is CCC1CCCCCN1c1nnc(SCC(=O)O)n1CC. The van der Waals surface area contributed by atoms with Crippen molar-refractivity contribution in [2.45, 2.75) is 63.7 Å². The second-order valence-corrected chi connectivity index (χ2v) is 6.26. The first kappa shape index (κ1) is 16.1. The Kier molecular flexibility index (Phi) is 5.90. The molecule has 1 N–H and O–H groups in total. The molecule has 0 saturated carbocycles. The lowest BCUT2D eigenvalue weighted by atomic mass is 10.1. The van der Waals surface area contributed by atoms with Crippen LogP contribution in [-0.4, -0.2) is 44.2 Å². The average molecular weight is 312 g/mol. The third-order valence-electron chi connectivity index (χ3n) is 3.94. The zero-order valence-electron chi connectivity index (χ0n) is 12.8. The predicted octanol–water partition coefficient (Wildman–Crippen LogP) is 2.63. The highest BCUT2D eigenvalue weighted by Gasteiger charge is 2.25. The molecule has 0 bridgehead atoms. The summed E-state index contributed by atoms with van der Waals surface area (Å²) in [7, 11) is 0. The van der Waals surface area contributed by atoms with Gasteiger partial charge in [0, 0.05) is 19.1 Å². The molecule has 118 valence electrons. The Hall–Kier alpha value is -1.24. The molecule has 1 saturated heterocycles. The number of hydrogen-bond acceptors (Lipinski definition) is 5. The second-order valence-electron chi connectivity index (χ2n) is 5.31. The molecule has 0 aromatic carbocycles. The highest BCUT2D eigenvalue weighted by atomic mass is 32.2. The molecule has 2 heterocycles. The number of carboxylic acids is 1. The summed E-state index contributed by atoms with van der Waals surface area (Å²) in [5, 5.41) is 18.1. The summed E-state index contributed by atoms with van der Waals surface area (Å²) in [5.41, 5.74) is 0. The topological polar surface area (TPSA) is 71.2 Å². The molecule has 1 fully saturated rings. The third kappa shape index (κ3) is 3.90. The molecule has 1 aromatic heterocycles. The van der Waals surface area contributed by atoms with E-state index in [4.69, 9.17) is 5.11 Å². The fraction of sp³-hybridized carbons (Fsp3) is 0.786. The molecule has 2 rings (SSSR count). The highest BCUT2D eigenvalue weighted by molar-refractivity contribution is 7.99. The first-order chi connectivity index (χ1) is 10.2. The van der Waals surface area contributed by atoms with Crippen molar-refractivity contribution < 1.29 is 9.90 Å². The smallest absolute Gasteiger partial charge is 0.313 e. The molecule has 1 atom stereocenters. The van der Waals surface area contributed by atoms with Crippen LogP contribution in [0.2, 0.25) is 0 Å². The van der Waals surface area contributed by atoms with E-state index in [1.165, 1.54) is 37.4 Å². The van der Waals surface area contributed by atoms with Crippen LogP contribution in [0, 0.1) is 0 Å². The van der Waals surface area contributed by atoms with E-state index in [0.29, 0.717) is 11.2 Å². The Morgan fingerprint density at radius 2 is 2.14 bits per heavy atom. The molecule has 0 radical (unpaired) electrons. The van der Waals surface area contributed by atoms with Gasteiger partial charge in [0.25, 0.3) is 0 Å². The molecule has 6 nitrogen and oxygen atoms in total. The Balaban J connectivity index is 2.22. The van der Waals surface area contributed by atoms with Crippen LogP contribution in [0.1, 0.15) is 46.0 Å². The Labute approximate surface area is 129 Å². The summed E-state index contributed by atoms with van der Waals surface area (Å²) in [4.78, 5) is 13.1. The summed E-state index contributed by atoms with van der Waals surface area (Å²) in [6.45, 7) is 6.05. The zero-order valence-corrected chi connectivity index (χ0v) is 13.6. The van der Waals surface area contributed by atoms with E-state index >= 15 is 0 Å². The van der Waals surface area contributed by atoms with Gasteiger partial charge in [-0.15, -0.1) is 10.2 Å². The van der Waals surface area contributed by atoms with Gasteiger partial charge in [0.2, 0.25) is 5.95 Å². The zero-order chi connectivity index (χ0) is 15.2. The molecular weight excluding hydrogens is 288 g/mol. The van der Waals surface area contributed by atoms with Gasteiger partial charge in [0.15, 0.2) is 5.16 Å². The fourth-order valence-electron chi connectivity index (χ4n) is 2.87. The summed E-state index contributed by atoms with van der Waals surface area (Å²) >= 11 is 1.24. The lowest BCUT2D eigenvalue weighted by Gasteiger charge is -2.30. The number of hydrogen-bond donors (Lipinski definition) is 1. The van der Waals surface area contributed by atoms with Crippen molar-refractivity contribution in [1.29, 1.82) is 0 Å². The van der Waals surface area contributed by atoms with E-state index in [1.807, 2.05) is 4.57 Å². The Morgan fingerprint density at radius 1 is 1.33 bits per heavy atom. The van der Waals surface area contributed by atoms with Gasteiger partial charge in [-0.05, 0) is 26.2 Å². The lowest BCUT2D eigenvalue weighted by molar-refractivity contribution is -0.133. The van der Waals surface area contributed by atoms with Crippen molar-refractivity contribution in [2.75, 3.05) is 17.2 Å². The largest absolute Gasteiger partial charge is 0.481 e. The maximum Gasteiger partial charge on any atom is 0.313 e. The monoisotopic (exact) mass is 312 g/mol. The maximum absolute atomic E-state index is 10.7. The fourth-order valence-corrected chi connectivity index (χ4v) is 3.59. The summed E-state index contributed by atoms with van der Waals surface area (Å²) in [5.74, 6) is 0.0996. The molecule has 0 aliphatic carbocycles. The van der Waals surface area contributed by atoms with Gasteiger partial charge in [-0.1, -0.05) is 31.5 Å². The first-order valence-electron chi connectivity index (χ1n) is 7.71. The molecule has 0 spiro atoms. The predicted molar refractivity (Wildman–Crippen MR) is 83.9 cm³/mol. The van der Waals surface area contributed by atoms with Crippen LogP contribution >= 0.6 is 11.8 Å². The van der Waals surface area contributed by atoms with Crippen molar-refractivity contribution in [3.63, 3.8) is 0 Å². The van der Waals surface area contributed by atoms with Gasteiger partial charge in [-0.25, -0.2) is 0 Å². The van der Waals surface area contributed by atoms with Crippen LogP contribution in [0.4, 0.5) is 5.95 Å². The van der Waals surface area contributed by atoms with E-state index in [2.05, 4.69) is 28.9 Å². The third-order valence-corrected chi connectivity index (χ3v) is 4.90. The van der Waals surface area contributed by atoms with E-state index in [1.54, 1.807) is 0 Å². The number of nitrogens with zero attached hydrogens (tertiary/aromatic N) is 4. The Morgan fingerprint density at radius 3 is 2.81 bits per heavy atom. The van der Waals surface area contributed by atoms with Crippen molar-refractivity contribution in [1.82, 2.24) is 14.8 Å². The second kappa shape index (κ2) is 7.68. The van der Waals surface area contributed by atoms with Gasteiger partial charge < -0.3 is 10.0 Å². The number of anilines is 1. The molecule has 21 heavy (non-hydrogen) atoms. The van der Waals surface area contributed by atoms with Crippen LogP contribution in [0.25, 0.3) is 0 Å². The number of carboxylic acid groups (broad SMARTS) is 1. The Bertz CT molecular complexity index is 478. The summed E-state index contributed by atoms with van der Waals surface area (Å²) in [6, 6.07) is 0.513. The molecular formula is C14H24N4O2S. The number of aliphatic carboxylic acids is 1. The number of carbonyl (C=O) groups is 1. The molecule has 0 amide bonds. The summed E-state index contributed by atoms with van der Waals surface area (Å²) < 4.78 is 2.04. The average Bonchev–Trinajstić information content (AvgIpc) is 2.73. The number of aromatic nitrogens is 3. The minimum atomic E-state index is -0.826. The van der Waals surface area contributed by atoms with Crippen LogP contribution < -0.4 is 4.90 Å². The van der Waals surface area contributed by atoms with Crippen LogP contribution in [0.5, 0.6) is 0 Å². The molecule has 1 aromatic rings. The van der Waals surface area contributed by atoms with Crippen molar-refractivity contribution in [3.05, 3.63) is 0 Å². The normalized spacial score (nSPS) is 19.5. The minimum absolute atomic E-state index is 0.0232. The van der Waals surface area contributed by atoms with Crippen LogP contribution in [0.15, 0.2) is 5.16 Å². The van der Waals surface area contributed by atoms with Crippen molar-refractivity contribution in [2.24, 2.45) is 0 Å². The van der Waals surface area contributed by atoms with Gasteiger partial charge in [0.1, 0.15) is 0 Å². The summed E-state index contributed by atoms with van der Waals surface area (Å²) in [6.07, 6.45) is 6.04. The first-order valence-corrected chi connectivity index (χ1v) is 8.70. The highest BCUT2D eigenvalue weighted by Crippen LogP contribution is 2.27. The van der Waals surface area contributed by atoms with E-state index in [9.17, 15) is 4.79 Å². The maximum atomic E-state index is 10.7. The quantitative estimate of drug-likeness (QED) is 0.814. The van der Waals surface area contributed by atoms with Crippen molar-refractivity contribution >= 4 is 23.7 Å². The van der Waals surface area contributed by atoms with Crippen LogP contribution in [-0.2, 0) is 11.3 Å². The van der Waals surface area contributed by atoms with Crippen LogP contribution in [0.3, 0.4) is 0 Å². The number of thioether (sulfide) groups is 1. The minimum Gasteiger partial charge on any atom is -0.481 e. The molecule has 1 aliphatic heterocycles. The molecule has 7 heteroatoms. The van der Waals surface area contributed by atoms with Crippen molar-refractivity contribution in [3.8, 4) is 0 Å². The van der Waals surface area contributed by atoms with Gasteiger partial charge >= 0.3 is 5.97 Å². The van der Waals surface area contributed by atoms with E-state index in [-0.39, 0.29) is 5.75 Å². The molecule has 1 unspecified atom stereocenters. The standard InChI is InChI=1S/C14H24N4O2S/c1-3-11-8-6-5-7-9-18(11)13-15-16-14(17(13)4-2)21-10-12(19)20/h11H,3-10H2,1-2H3,(H,19,20). The van der Waals surface area contributed by atoms with Gasteiger partial charge in [-0.2, -0.15) is 0 Å². The van der Waals surface area contributed by atoms with Gasteiger partial charge in [0.05, 0.1) is 5.75 Å².